The van der Waals surface area contributed by atoms with Crippen LogP contribution in [0.2, 0.25) is 0 Å². The third kappa shape index (κ3) is 4.33. The second-order valence-electron chi connectivity index (χ2n) is 5.42. The van der Waals surface area contributed by atoms with Gasteiger partial charge in [0.2, 0.25) is 0 Å². The van der Waals surface area contributed by atoms with E-state index in [0.29, 0.717) is 6.04 Å². The first-order valence-corrected chi connectivity index (χ1v) is 7.69. The molecule has 21 heavy (non-hydrogen) atoms. The third-order valence-corrected chi connectivity index (χ3v) is 3.82. The largest absolute Gasteiger partial charge is 0.497 e. The molecule has 0 saturated carbocycles. The molecule has 0 radical (unpaired) electrons. The van der Waals surface area contributed by atoms with Crippen LogP contribution in [0.3, 0.4) is 0 Å². The van der Waals surface area contributed by atoms with Gasteiger partial charge in [0, 0.05) is 12.1 Å². The van der Waals surface area contributed by atoms with Gasteiger partial charge in [-0.2, -0.15) is 0 Å². The van der Waals surface area contributed by atoms with E-state index < -0.39 is 0 Å². The molecule has 0 amide bonds. The summed E-state index contributed by atoms with van der Waals surface area (Å²) < 4.78 is 5.31. The second kappa shape index (κ2) is 7.84. The Bertz CT molecular complexity index is 538. The van der Waals surface area contributed by atoms with Crippen LogP contribution >= 0.6 is 0 Å². The van der Waals surface area contributed by atoms with Gasteiger partial charge in [-0.1, -0.05) is 55.8 Å². The van der Waals surface area contributed by atoms with Crippen molar-refractivity contribution in [3.63, 3.8) is 0 Å². The van der Waals surface area contributed by atoms with E-state index in [0.717, 1.165) is 18.6 Å². The first-order valence-electron chi connectivity index (χ1n) is 7.69. The molecule has 2 rings (SSSR count). The number of hydrogen-bond acceptors (Lipinski definition) is 2. The van der Waals surface area contributed by atoms with Crippen LogP contribution in [0.4, 0.5) is 0 Å². The summed E-state index contributed by atoms with van der Waals surface area (Å²) in [6.07, 6.45) is 2.30. The highest BCUT2D eigenvalue weighted by Gasteiger charge is 2.14. The Morgan fingerprint density at radius 3 is 2.38 bits per heavy atom. The molecule has 2 aromatic carbocycles. The first kappa shape index (κ1) is 15.6. The third-order valence-electron chi connectivity index (χ3n) is 3.82. The predicted molar refractivity (Wildman–Crippen MR) is 88.6 cm³/mol. The van der Waals surface area contributed by atoms with Crippen LogP contribution in [-0.2, 0) is 0 Å². The lowest BCUT2D eigenvalue weighted by Crippen LogP contribution is -2.24. The molecule has 2 aromatic rings. The Balaban J connectivity index is 2.12. The van der Waals surface area contributed by atoms with Crippen molar-refractivity contribution in [1.29, 1.82) is 0 Å². The summed E-state index contributed by atoms with van der Waals surface area (Å²) in [6.45, 7) is 4.44. The van der Waals surface area contributed by atoms with E-state index >= 15 is 0 Å². The van der Waals surface area contributed by atoms with E-state index in [-0.39, 0.29) is 6.04 Å². The molecule has 0 fully saturated rings. The number of nitrogens with one attached hydrogen (secondary N) is 1. The normalized spacial score (nSPS) is 13.7. The van der Waals surface area contributed by atoms with E-state index in [1.807, 2.05) is 12.1 Å². The van der Waals surface area contributed by atoms with Crippen LogP contribution in [0.15, 0.2) is 54.6 Å². The zero-order valence-electron chi connectivity index (χ0n) is 13.2. The standard InChI is InChI=1S/C19H25NO/c1-4-9-19(16-10-6-5-7-11-16)20-15(2)17-12-8-13-18(14-17)21-3/h5-8,10-15,19-20H,4,9H2,1-3H3/t15-,19?/m0/s1. The average molecular weight is 283 g/mol. The Morgan fingerprint density at radius 2 is 1.71 bits per heavy atom. The topological polar surface area (TPSA) is 21.3 Å². The molecule has 0 bridgehead atoms. The molecule has 0 aliphatic carbocycles. The Labute approximate surface area is 128 Å². The monoisotopic (exact) mass is 283 g/mol. The molecule has 0 aliphatic rings. The van der Waals surface area contributed by atoms with Crippen LogP contribution < -0.4 is 10.1 Å². The highest BCUT2D eigenvalue weighted by molar-refractivity contribution is 5.30. The summed E-state index contributed by atoms with van der Waals surface area (Å²) in [5, 5.41) is 3.75. The number of rotatable bonds is 7. The fraction of sp³-hybridized carbons (Fsp3) is 0.368. The second-order valence-corrected chi connectivity index (χ2v) is 5.42. The van der Waals surface area contributed by atoms with E-state index in [4.69, 9.17) is 4.74 Å². The molecular weight excluding hydrogens is 258 g/mol. The number of ether oxygens (including phenoxy) is 1. The molecule has 2 heteroatoms. The highest BCUT2D eigenvalue weighted by atomic mass is 16.5. The summed E-state index contributed by atoms with van der Waals surface area (Å²) >= 11 is 0. The number of methoxy groups -OCH3 is 1. The molecule has 0 saturated heterocycles. The summed E-state index contributed by atoms with van der Waals surface area (Å²) in [5.41, 5.74) is 2.61. The molecule has 2 nitrogen and oxygen atoms in total. The highest BCUT2D eigenvalue weighted by Crippen LogP contribution is 2.25. The van der Waals surface area contributed by atoms with Gasteiger partial charge in [-0.3, -0.25) is 0 Å². The fourth-order valence-electron chi connectivity index (χ4n) is 2.63. The van der Waals surface area contributed by atoms with Gasteiger partial charge in [0.25, 0.3) is 0 Å². The van der Waals surface area contributed by atoms with Gasteiger partial charge in [-0.05, 0) is 36.6 Å². The van der Waals surface area contributed by atoms with Crippen molar-refractivity contribution in [3.05, 3.63) is 65.7 Å². The van der Waals surface area contributed by atoms with Gasteiger partial charge < -0.3 is 10.1 Å². The van der Waals surface area contributed by atoms with Crippen molar-refractivity contribution in [2.45, 2.75) is 38.8 Å². The van der Waals surface area contributed by atoms with Gasteiger partial charge in [-0.15, -0.1) is 0 Å². The van der Waals surface area contributed by atoms with E-state index in [1.165, 1.54) is 11.1 Å². The molecule has 2 atom stereocenters. The lowest BCUT2D eigenvalue weighted by molar-refractivity contribution is 0.410. The first-order chi connectivity index (χ1) is 10.2. The summed E-state index contributed by atoms with van der Waals surface area (Å²) in [7, 11) is 1.71. The minimum absolute atomic E-state index is 0.289. The minimum atomic E-state index is 0.289. The van der Waals surface area contributed by atoms with E-state index in [1.54, 1.807) is 7.11 Å². The van der Waals surface area contributed by atoms with Crippen LogP contribution in [0, 0.1) is 0 Å². The maximum atomic E-state index is 5.31. The summed E-state index contributed by atoms with van der Waals surface area (Å²) in [4.78, 5) is 0. The zero-order chi connectivity index (χ0) is 15.1. The maximum absolute atomic E-state index is 5.31. The Kier molecular flexibility index (Phi) is 5.82. The quantitative estimate of drug-likeness (QED) is 0.781. The number of hydrogen-bond donors (Lipinski definition) is 1. The van der Waals surface area contributed by atoms with Crippen molar-refractivity contribution >= 4 is 0 Å². The number of benzene rings is 2. The molecule has 0 aromatic heterocycles. The van der Waals surface area contributed by atoms with E-state index in [2.05, 4.69) is 61.6 Å². The fourth-order valence-corrected chi connectivity index (χ4v) is 2.63. The minimum Gasteiger partial charge on any atom is -0.497 e. The van der Waals surface area contributed by atoms with Crippen molar-refractivity contribution < 1.29 is 4.74 Å². The maximum Gasteiger partial charge on any atom is 0.119 e. The van der Waals surface area contributed by atoms with Gasteiger partial charge in [0.15, 0.2) is 0 Å². The van der Waals surface area contributed by atoms with Crippen molar-refractivity contribution in [2.24, 2.45) is 0 Å². The summed E-state index contributed by atoms with van der Waals surface area (Å²) in [5.74, 6) is 0.910. The molecule has 1 unspecified atom stereocenters. The molecule has 0 aliphatic heterocycles. The molecular formula is C19H25NO. The molecule has 112 valence electrons. The molecule has 1 N–H and O–H groups in total. The SMILES string of the molecule is CCCC(N[C@@H](C)c1cccc(OC)c1)c1ccccc1. The van der Waals surface area contributed by atoms with Crippen molar-refractivity contribution in [1.82, 2.24) is 5.32 Å². The molecule has 0 heterocycles. The van der Waals surface area contributed by atoms with Gasteiger partial charge >= 0.3 is 0 Å². The van der Waals surface area contributed by atoms with E-state index in [9.17, 15) is 0 Å². The molecule has 0 spiro atoms. The van der Waals surface area contributed by atoms with Gasteiger partial charge in [0.1, 0.15) is 5.75 Å². The zero-order valence-corrected chi connectivity index (χ0v) is 13.2. The lowest BCUT2D eigenvalue weighted by Gasteiger charge is -2.24. The van der Waals surface area contributed by atoms with Crippen LogP contribution in [-0.4, -0.2) is 7.11 Å². The summed E-state index contributed by atoms with van der Waals surface area (Å²) in [6, 6.07) is 19.6. The Hall–Kier alpha value is -1.80. The van der Waals surface area contributed by atoms with Crippen LogP contribution in [0.5, 0.6) is 5.75 Å². The predicted octanol–water partition coefficient (Wildman–Crippen LogP) is 4.89. The lowest BCUT2D eigenvalue weighted by atomic mass is 9.99. The van der Waals surface area contributed by atoms with Gasteiger partial charge in [-0.25, -0.2) is 0 Å². The van der Waals surface area contributed by atoms with Crippen molar-refractivity contribution in [2.75, 3.05) is 7.11 Å². The average Bonchev–Trinajstić information content (AvgIpc) is 2.55. The smallest absolute Gasteiger partial charge is 0.119 e. The van der Waals surface area contributed by atoms with Crippen molar-refractivity contribution in [3.8, 4) is 5.75 Å². The van der Waals surface area contributed by atoms with Gasteiger partial charge in [0.05, 0.1) is 7.11 Å². The van der Waals surface area contributed by atoms with Crippen LogP contribution in [0.1, 0.15) is 49.9 Å². The van der Waals surface area contributed by atoms with Crippen LogP contribution in [0.25, 0.3) is 0 Å². The Morgan fingerprint density at radius 1 is 1.00 bits per heavy atom.